The molecule has 0 bridgehead atoms. The van der Waals surface area contributed by atoms with Crippen molar-refractivity contribution >= 4 is 0 Å². The van der Waals surface area contributed by atoms with Gasteiger partial charge in [0.05, 0.1) is 19.3 Å². The SMILES string of the molecule is Cc1cc(F)c(C)c(C2COCCN2)c1O. The van der Waals surface area contributed by atoms with Crippen molar-refractivity contribution in [1.82, 2.24) is 5.32 Å². The van der Waals surface area contributed by atoms with Crippen LogP contribution in [0.25, 0.3) is 0 Å². The fraction of sp³-hybridized carbons (Fsp3) is 0.500. The molecule has 0 aromatic heterocycles. The molecule has 2 rings (SSSR count). The molecule has 0 amide bonds. The lowest BCUT2D eigenvalue weighted by Crippen LogP contribution is -2.35. The Morgan fingerprint density at radius 1 is 1.50 bits per heavy atom. The van der Waals surface area contributed by atoms with E-state index in [1.54, 1.807) is 13.8 Å². The van der Waals surface area contributed by atoms with E-state index in [1.807, 2.05) is 0 Å². The first-order valence-electron chi connectivity index (χ1n) is 5.41. The number of rotatable bonds is 1. The third kappa shape index (κ3) is 1.90. The number of phenols is 1. The van der Waals surface area contributed by atoms with Crippen molar-refractivity contribution in [2.24, 2.45) is 0 Å². The molecule has 0 aliphatic carbocycles. The highest BCUT2D eigenvalue weighted by Crippen LogP contribution is 2.33. The molecular weight excluding hydrogens is 209 g/mol. The first kappa shape index (κ1) is 11.4. The molecule has 1 atom stereocenters. The number of hydrogen-bond donors (Lipinski definition) is 2. The number of benzene rings is 1. The van der Waals surface area contributed by atoms with Crippen LogP contribution in [0.5, 0.6) is 5.75 Å². The van der Waals surface area contributed by atoms with Gasteiger partial charge in [-0.1, -0.05) is 0 Å². The Morgan fingerprint density at radius 2 is 2.25 bits per heavy atom. The fourth-order valence-electron chi connectivity index (χ4n) is 2.06. The number of hydrogen-bond acceptors (Lipinski definition) is 3. The molecule has 1 aromatic carbocycles. The second kappa shape index (κ2) is 4.39. The average molecular weight is 225 g/mol. The molecular formula is C12H16FNO2. The largest absolute Gasteiger partial charge is 0.507 e. The zero-order valence-electron chi connectivity index (χ0n) is 9.51. The normalized spacial score (nSPS) is 21.1. The van der Waals surface area contributed by atoms with E-state index in [9.17, 15) is 9.50 Å². The molecule has 1 aliphatic heterocycles. The maximum absolute atomic E-state index is 13.6. The van der Waals surface area contributed by atoms with Gasteiger partial charge < -0.3 is 15.2 Å². The summed E-state index contributed by atoms with van der Waals surface area (Å²) >= 11 is 0. The van der Waals surface area contributed by atoms with E-state index in [0.29, 0.717) is 29.9 Å². The lowest BCUT2D eigenvalue weighted by Gasteiger charge is -2.26. The first-order valence-corrected chi connectivity index (χ1v) is 5.41. The van der Waals surface area contributed by atoms with Gasteiger partial charge in [0.25, 0.3) is 0 Å². The smallest absolute Gasteiger partial charge is 0.126 e. The minimum atomic E-state index is -0.280. The van der Waals surface area contributed by atoms with E-state index in [4.69, 9.17) is 4.74 Å². The van der Waals surface area contributed by atoms with Gasteiger partial charge in [-0.3, -0.25) is 0 Å². The molecule has 88 valence electrons. The molecule has 3 nitrogen and oxygen atoms in total. The van der Waals surface area contributed by atoms with Crippen LogP contribution in [0.15, 0.2) is 6.07 Å². The number of nitrogens with one attached hydrogen (secondary N) is 1. The predicted octanol–water partition coefficient (Wildman–Crippen LogP) is 1.81. The number of morpholine rings is 1. The van der Waals surface area contributed by atoms with Crippen molar-refractivity contribution in [1.29, 1.82) is 0 Å². The Bertz CT molecular complexity index is 374. The van der Waals surface area contributed by atoms with Crippen molar-refractivity contribution in [3.63, 3.8) is 0 Å². The molecule has 0 radical (unpaired) electrons. The van der Waals surface area contributed by atoms with Crippen molar-refractivity contribution < 1.29 is 14.2 Å². The minimum absolute atomic E-state index is 0.122. The summed E-state index contributed by atoms with van der Waals surface area (Å²) in [5, 5.41) is 13.2. The molecule has 4 heteroatoms. The van der Waals surface area contributed by atoms with E-state index in [0.717, 1.165) is 6.54 Å². The van der Waals surface area contributed by atoms with E-state index >= 15 is 0 Å². The second-order valence-electron chi connectivity index (χ2n) is 4.14. The van der Waals surface area contributed by atoms with Gasteiger partial charge in [-0.05, 0) is 31.0 Å². The highest BCUT2D eigenvalue weighted by Gasteiger charge is 2.23. The predicted molar refractivity (Wildman–Crippen MR) is 59.1 cm³/mol. The number of phenolic OH excluding ortho intramolecular Hbond substituents is 1. The summed E-state index contributed by atoms with van der Waals surface area (Å²) in [6.07, 6.45) is 0. The zero-order chi connectivity index (χ0) is 11.7. The van der Waals surface area contributed by atoms with Gasteiger partial charge in [0.1, 0.15) is 11.6 Å². The van der Waals surface area contributed by atoms with Crippen LogP contribution in [0.4, 0.5) is 4.39 Å². The molecule has 0 saturated carbocycles. The van der Waals surface area contributed by atoms with E-state index < -0.39 is 0 Å². The third-order valence-electron chi connectivity index (χ3n) is 3.00. The molecule has 1 fully saturated rings. The summed E-state index contributed by atoms with van der Waals surface area (Å²) < 4.78 is 18.9. The molecule has 1 heterocycles. The average Bonchev–Trinajstić information content (AvgIpc) is 2.28. The van der Waals surface area contributed by atoms with Crippen molar-refractivity contribution in [3.8, 4) is 5.75 Å². The van der Waals surface area contributed by atoms with E-state index in [1.165, 1.54) is 6.07 Å². The molecule has 16 heavy (non-hydrogen) atoms. The topological polar surface area (TPSA) is 41.5 Å². The maximum atomic E-state index is 13.6. The Labute approximate surface area is 94.2 Å². The van der Waals surface area contributed by atoms with Crippen molar-refractivity contribution in [3.05, 3.63) is 28.6 Å². The molecule has 1 aromatic rings. The standard InChI is InChI=1S/C12H16FNO2/c1-7-5-9(13)8(2)11(12(7)15)10-6-16-4-3-14-10/h5,10,14-15H,3-4,6H2,1-2H3. The quantitative estimate of drug-likeness (QED) is 0.766. The summed E-state index contributed by atoms with van der Waals surface area (Å²) in [7, 11) is 0. The first-order chi connectivity index (χ1) is 7.61. The van der Waals surface area contributed by atoms with Crippen LogP contribution >= 0.6 is 0 Å². The summed E-state index contributed by atoms with van der Waals surface area (Å²) in [4.78, 5) is 0. The lowest BCUT2D eigenvalue weighted by atomic mass is 9.96. The van der Waals surface area contributed by atoms with Gasteiger partial charge in [-0.25, -0.2) is 4.39 Å². The van der Waals surface area contributed by atoms with Gasteiger partial charge in [-0.2, -0.15) is 0 Å². The molecule has 2 N–H and O–H groups in total. The summed E-state index contributed by atoms with van der Waals surface area (Å²) in [5.74, 6) is -0.112. The van der Waals surface area contributed by atoms with Crippen LogP contribution in [0.1, 0.15) is 22.7 Å². The van der Waals surface area contributed by atoms with Gasteiger partial charge in [-0.15, -0.1) is 0 Å². The highest BCUT2D eigenvalue weighted by atomic mass is 19.1. The van der Waals surface area contributed by atoms with E-state index in [2.05, 4.69) is 5.32 Å². The van der Waals surface area contributed by atoms with Crippen molar-refractivity contribution in [2.75, 3.05) is 19.8 Å². The summed E-state index contributed by atoms with van der Waals surface area (Å²) in [6.45, 7) is 5.23. The van der Waals surface area contributed by atoms with Gasteiger partial charge in [0.2, 0.25) is 0 Å². The number of ether oxygens (including phenoxy) is 1. The maximum Gasteiger partial charge on any atom is 0.126 e. The Hall–Kier alpha value is -1.13. The Balaban J connectivity index is 2.45. The van der Waals surface area contributed by atoms with Crippen LogP contribution in [0.2, 0.25) is 0 Å². The van der Waals surface area contributed by atoms with Gasteiger partial charge >= 0.3 is 0 Å². The summed E-state index contributed by atoms with van der Waals surface area (Å²) in [5.41, 5.74) is 1.67. The Kier molecular flexibility index (Phi) is 3.12. The number of aromatic hydroxyl groups is 1. The fourth-order valence-corrected chi connectivity index (χ4v) is 2.06. The van der Waals surface area contributed by atoms with Gasteiger partial charge in [0.15, 0.2) is 0 Å². The van der Waals surface area contributed by atoms with Crippen LogP contribution in [0.3, 0.4) is 0 Å². The van der Waals surface area contributed by atoms with Crippen LogP contribution < -0.4 is 5.32 Å². The second-order valence-corrected chi connectivity index (χ2v) is 4.14. The molecule has 1 unspecified atom stereocenters. The van der Waals surface area contributed by atoms with Crippen LogP contribution in [-0.4, -0.2) is 24.9 Å². The Morgan fingerprint density at radius 3 is 2.88 bits per heavy atom. The number of halogens is 1. The van der Waals surface area contributed by atoms with Crippen LogP contribution in [-0.2, 0) is 4.74 Å². The number of aryl methyl sites for hydroxylation is 1. The van der Waals surface area contributed by atoms with Crippen LogP contribution in [0, 0.1) is 19.7 Å². The highest BCUT2D eigenvalue weighted by molar-refractivity contribution is 5.47. The van der Waals surface area contributed by atoms with Gasteiger partial charge in [0, 0.05) is 12.1 Å². The van der Waals surface area contributed by atoms with Crippen molar-refractivity contribution in [2.45, 2.75) is 19.9 Å². The molecule has 1 saturated heterocycles. The monoisotopic (exact) mass is 225 g/mol. The molecule has 0 spiro atoms. The van der Waals surface area contributed by atoms with E-state index in [-0.39, 0.29) is 17.6 Å². The third-order valence-corrected chi connectivity index (χ3v) is 3.00. The lowest BCUT2D eigenvalue weighted by molar-refractivity contribution is 0.0757. The minimum Gasteiger partial charge on any atom is -0.507 e. The zero-order valence-corrected chi connectivity index (χ0v) is 9.51. The summed E-state index contributed by atoms with van der Waals surface area (Å²) in [6, 6.07) is 1.24. The molecule has 1 aliphatic rings.